The van der Waals surface area contributed by atoms with Gasteiger partial charge in [-0.2, -0.15) is 0 Å². The number of thiophene rings is 1. The monoisotopic (exact) mass is 400 g/mol. The molecule has 1 aliphatic rings. The zero-order chi connectivity index (χ0) is 19.7. The molecule has 4 N–H and O–H groups in total. The van der Waals surface area contributed by atoms with Crippen LogP contribution in [0.25, 0.3) is 10.2 Å². The van der Waals surface area contributed by atoms with Crippen LogP contribution in [0.3, 0.4) is 0 Å². The van der Waals surface area contributed by atoms with Crippen molar-refractivity contribution in [2.75, 3.05) is 30.3 Å². The van der Waals surface area contributed by atoms with E-state index in [1.807, 2.05) is 23.9 Å². The number of nitrogens with two attached hydrogens (primary N) is 2. The summed E-state index contributed by atoms with van der Waals surface area (Å²) in [6, 6.07) is 1.97. The molecule has 4 rings (SSSR count). The largest absolute Gasteiger partial charge is 0.397 e. The van der Waals surface area contributed by atoms with Crippen molar-refractivity contribution in [1.29, 1.82) is 0 Å². The maximum atomic E-state index is 11.7. The van der Waals surface area contributed by atoms with E-state index in [0.717, 1.165) is 47.5 Å². The van der Waals surface area contributed by atoms with E-state index >= 15 is 0 Å². The van der Waals surface area contributed by atoms with Gasteiger partial charge in [0.25, 0.3) is 5.91 Å². The first-order chi connectivity index (χ1) is 13.5. The third-order valence-corrected chi connectivity index (χ3v) is 6.18. The molecule has 0 unspecified atom stereocenters. The molecule has 0 radical (unpaired) electrons. The highest BCUT2D eigenvalue weighted by molar-refractivity contribution is 7.21. The van der Waals surface area contributed by atoms with Crippen molar-refractivity contribution in [1.82, 2.24) is 14.5 Å². The molecule has 148 valence electrons. The number of hydrogen-bond donors (Lipinski definition) is 2. The summed E-state index contributed by atoms with van der Waals surface area (Å²) in [6.07, 6.45) is 7.71. The van der Waals surface area contributed by atoms with Crippen molar-refractivity contribution in [2.45, 2.75) is 19.4 Å². The summed E-state index contributed by atoms with van der Waals surface area (Å²) in [4.78, 5) is 23.8. The minimum absolute atomic E-state index is 0.377. The molecule has 8 nitrogen and oxygen atoms in total. The number of ether oxygens (including phenoxy) is 1. The first-order valence-corrected chi connectivity index (χ1v) is 10.1. The van der Waals surface area contributed by atoms with Gasteiger partial charge in [0.15, 0.2) is 0 Å². The number of aromatic nitrogens is 3. The number of imidazole rings is 1. The van der Waals surface area contributed by atoms with Gasteiger partial charge in [0.05, 0.1) is 42.0 Å². The fourth-order valence-corrected chi connectivity index (χ4v) is 4.70. The molecule has 1 fully saturated rings. The van der Waals surface area contributed by atoms with Crippen molar-refractivity contribution in [2.24, 2.45) is 18.7 Å². The number of hydrogen-bond acceptors (Lipinski definition) is 7. The SMILES string of the molecule is Cn1cnc(COC[C@H]2CCCN(c3ccnc4sc(C(N)=O)c(N)c34)C2)c1. The summed E-state index contributed by atoms with van der Waals surface area (Å²) in [5.41, 5.74) is 14.1. The first kappa shape index (κ1) is 18.7. The molecule has 9 heteroatoms. The van der Waals surface area contributed by atoms with Gasteiger partial charge in [-0.3, -0.25) is 4.79 Å². The third-order valence-electron chi connectivity index (χ3n) is 5.05. The Balaban J connectivity index is 1.47. The van der Waals surface area contributed by atoms with Crippen molar-refractivity contribution in [3.8, 4) is 0 Å². The lowest BCUT2D eigenvalue weighted by Gasteiger charge is -2.34. The Kier molecular flexibility index (Phi) is 5.19. The molecule has 0 bridgehead atoms. The molecular formula is C19H24N6O2S. The number of piperidine rings is 1. The van der Waals surface area contributed by atoms with E-state index in [9.17, 15) is 4.79 Å². The first-order valence-electron chi connectivity index (χ1n) is 9.29. The number of nitrogens with zero attached hydrogens (tertiary/aromatic N) is 4. The van der Waals surface area contributed by atoms with Crippen molar-refractivity contribution in [3.63, 3.8) is 0 Å². The van der Waals surface area contributed by atoms with E-state index in [1.54, 1.807) is 12.5 Å². The quantitative estimate of drug-likeness (QED) is 0.656. The molecular weight excluding hydrogens is 376 g/mol. The smallest absolute Gasteiger partial charge is 0.260 e. The Hall–Kier alpha value is -2.65. The molecule has 3 aromatic heterocycles. The molecule has 0 aromatic carbocycles. The Morgan fingerprint density at radius 1 is 1.43 bits per heavy atom. The average Bonchev–Trinajstić information content (AvgIpc) is 3.25. The number of rotatable bonds is 6. The van der Waals surface area contributed by atoms with Crippen LogP contribution in [0.15, 0.2) is 24.8 Å². The maximum absolute atomic E-state index is 11.7. The van der Waals surface area contributed by atoms with E-state index in [2.05, 4.69) is 14.9 Å². The second-order valence-electron chi connectivity index (χ2n) is 7.22. The van der Waals surface area contributed by atoms with Crippen LogP contribution in [0.1, 0.15) is 28.2 Å². The number of carbonyl (C=O) groups is 1. The van der Waals surface area contributed by atoms with Crippen LogP contribution in [0.2, 0.25) is 0 Å². The predicted molar refractivity (Wildman–Crippen MR) is 110 cm³/mol. The molecule has 1 amide bonds. The van der Waals surface area contributed by atoms with E-state index in [-0.39, 0.29) is 0 Å². The fraction of sp³-hybridized carbons (Fsp3) is 0.421. The number of primary amides is 1. The molecule has 3 aromatic rings. The normalized spacial score (nSPS) is 17.3. The van der Waals surface area contributed by atoms with Crippen LogP contribution in [-0.4, -0.2) is 40.1 Å². The van der Waals surface area contributed by atoms with Crippen molar-refractivity contribution >= 4 is 38.8 Å². The van der Waals surface area contributed by atoms with Gasteiger partial charge in [-0.25, -0.2) is 9.97 Å². The summed E-state index contributed by atoms with van der Waals surface area (Å²) in [6.45, 7) is 3.03. The highest BCUT2D eigenvalue weighted by atomic mass is 32.1. The standard InChI is InChI=1S/C19H24N6O2S/c1-24-8-13(23-11-24)10-27-9-12-3-2-6-25(7-12)14-4-5-22-19-15(14)16(20)17(28-19)18(21)26/h4-5,8,11-12H,2-3,6-7,9-10,20H2,1H3,(H2,21,26)/t12-/m0/s1. The number of amides is 1. The van der Waals surface area contributed by atoms with Crippen LogP contribution < -0.4 is 16.4 Å². The Morgan fingerprint density at radius 3 is 3.04 bits per heavy atom. The molecule has 0 saturated carbocycles. The summed E-state index contributed by atoms with van der Waals surface area (Å²) in [5.74, 6) is -0.0814. The molecule has 28 heavy (non-hydrogen) atoms. The Morgan fingerprint density at radius 2 is 2.29 bits per heavy atom. The lowest BCUT2D eigenvalue weighted by atomic mass is 9.98. The number of anilines is 2. The van der Waals surface area contributed by atoms with Crippen LogP contribution >= 0.6 is 11.3 Å². The molecule has 4 heterocycles. The van der Waals surface area contributed by atoms with E-state index in [1.165, 1.54) is 11.3 Å². The van der Waals surface area contributed by atoms with Gasteiger partial charge in [0.2, 0.25) is 0 Å². The second kappa shape index (κ2) is 7.76. The van der Waals surface area contributed by atoms with Gasteiger partial charge in [0, 0.05) is 32.5 Å². The van der Waals surface area contributed by atoms with E-state index in [0.29, 0.717) is 29.7 Å². The van der Waals surface area contributed by atoms with E-state index < -0.39 is 5.91 Å². The molecule has 0 spiro atoms. The third kappa shape index (κ3) is 3.67. The highest BCUT2D eigenvalue weighted by Gasteiger charge is 2.25. The van der Waals surface area contributed by atoms with Crippen LogP contribution in [0.4, 0.5) is 11.4 Å². The van der Waals surface area contributed by atoms with Gasteiger partial charge >= 0.3 is 0 Å². The molecule has 1 saturated heterocycles. The number of fused-ring (bicyclic) bond motifs is 1. The molecule has 0 aliphatic carbocycles. The number of pyridine rings is 1. The maximum Gasteiger partial charge on any atom is 0.260 e. The zero-order valence-corrected chi connectivity index (χ0v) is 16.6. The van der Waals surface area contributed by atoms with Gasteiger partial charge in [-0.1, -0.05) is 0 Å². The predicted octanol–water partition coefficient (Wildman–Crippen LogP) is 2.14. The van der Waals surface area contributed by atoms with Gasteiger partial charge in [-0.05, 0) is 24.8 Å². The minimum Gasteiger partial charge on any atom is -0.397 e. The molecule has 1 atom stereocenters. The zero-order valence-electron chi connectivity index (χ0n) is 15.8. The molecule has 1 aliphatic heterocycles. The summed E-state index contributed by atoms with van der Waals surface area (Å²) < 4.78 is 7.82. The van der Waals surface area contributed by atoms with Crippen molar-refractivity contribution in [3.05, 3.63) is 35.4 Å². The minimum atomic E-state index is -0.508. The average molecular weight is 401 g/mol. The van der Waals surface area contributed by atoms with Crippen LogP contribution in [0.5, 0.6) is 0 Å². The highest BCUT2D eigenvalue weighted by Crippen LogP contribution is 2.39. The van der Waals surface area contributed by atoms with Crippen LogP contribution in [-0.2, 0) is 18.4 Å². The van der Waals surface area contributed by atoms with Gasteiger partial charge < -0.3 is 25.7 Å². The summed E-state index contributed by atoms with van der Waals surface area (Å²) in [5, 5.41) is 0.830. The van der Waals surface area contributed by atoms with Crippen LogP contribution in [0, 0.1) is 5.92 Å². The van der Waals surface area contributed by atoms with Crippen molar-refractivity contribution < 1.29 is 9.53 Å². The topological polar surface area (TPSA) is 112 Å². The summed E-state index contributed by atoms with van der Waals surface area (Å²) in [7, 11) is 1.95. The van der Waals surface area contributed by atoms with E-state index in [4.69, 9.17) is 16.2 Å². The lowest BCUT2D eigenvalue weighted by molar-refractivity contribution is 0.0798. The lowest BCUT2D eigenvalue weighted by Crippen LogP contribution is -2.37. The Bertz CT molecular complexity index is 998. The number of carbonyl (C=O) groups excluding carboxylic acids is 1. The summed E-state index contributed by atoms with van der Waals surface area (Å²) >= 11 is 1.25. The van der Waals surface area contributed by atoms with Gasteiger partial charge in [0.1, 0.15) is 9.71 Å². The second-order valence-corrected chi connectivity index (χ2v) is 8.22. The fourth-order valence-electron chi connectivity index (χ4n) is 3.77. The number of nitrogen functional groups attached to an aromatic ring is 1. The Labute approximate surface area is 167 Å². The number of aryl methyl sites for hydroxylation is 1. The van der Waals surface area contributed by atoms with Gasteiger partial charge in [-0.15, -0.1) is 11.3 Å².